The number of carbonyl (C=O) groups is 1. The molecule has 0 aliphatic carbocycles. The average Bonchev–Trinajstić information content (AvgIpc) is 2.54. The van der Waals surface area contributed by atoms with Gasteiger partial charge in [0.1, 0.15) is 12.2 Å². The first-order chi connectivity index (χ1) is 10.6. The second-order valence-corrected chi connectivity index (χ2v) is 6.08. The fourth-order valence-corrected chi connectivity index (χ4v) is 2.54. The van der Waals surface area contributed by atoms with Crippen LogP contribution in [0.15, 0.2) is 36.9 Å². The fraction of sp³-hybridized carbons (Fsp3) is 0.400. The first-order valence-electron chi connectivity index (χ1n) is 7.10. The molecule has 2 aromatic heterocycles. The van der Waals surface area contributed by atoms with Crippen molar-refractivity contribution < 1.29 is 9.36 Å². The topological polar surface area (TPSA) is 62.9 Å². The lowest BCUT2D eigenvalue weighted by molar-refractivity contribution is -0.695. The van der Waals surface area contributed by atoms with Crippen LogP contribution in [0.1, 0.15) is 12.2 Å². The van der Waals surface area contributed by atoms with Crippen molar-refractivity contribution >= 4 is 22.8 Å². The lowest BCUT2D eigenvalue weighted by atomic mass is 10.4. The van der Waals surface area contributed by atoms with Crippen LogP contribution in [-0.2, 0) is 17.8 Å². The molecule has 0 radical (unpaired) electrons. The normalized spacial score (nSPS) is 10.5. The number of aryl methyl sites for hydroxylation is 2. The fourth-order valence-electron chi connectivity index (χ4n) is 1.79. The maximum Gasteiger partial charge on any atom is 0.228 e. The van der Waals surface area contributed by atoms with Gasteiger partial charge in [-0.25, -0.2) is 14.5 Å². The molecule has 116 valence electrons. The highest BCUT2D eigenvalue weighted by Gasteiger charge is 2.08. The summed E-state index contributed by atoms with van der Waals surface area (Å²) in [4.78, 5) is 26.2. The third-order valence-electron chi connectivity index (χ3n) is 2.95. The number of carbonyl (C=O) groups excluding carboxylic acids is 1. The SMILES string of the molecule is CN(C)c1ncnc(CCSC(=O)CC[n+]2ccccc2)n1. The van der Waals surface area contributed by atoms with Gasteiger partial charge in [-0.1, -0.05) is 17.8 Å². The molecule has 0 aromatic carbocycles. The Balaban J connectivity index is 1.72. The monoisotopic (exact) mass is 318 g/mol. The van der Waals surface area contributed by atoms with Crippen LogP contribution >= 0.6 is 11.8 Å². The number of pyridine rings is 1. The zero-order valence-electron chi connectivity index (χ0n) is 12.8. The summed E-state index contributed by atoms with van der Waals surface area (Å²) in [6.07, 6.45) is 6.63. The summed E-state index contributed by atoms with van der Waals surface area (Å²) < 4.78 is 2.01. The minimum atomic E-state index is 0.193. The predicted molar refractivity (Wildman–Crippen MR) is 86.6 cm³/mol. The van der Waals surface area contributed by atoms with Crippen LogP contribution in [0.2, 0.25) is 0 Å². The van der Waals surface area contributed by atoms with E-state index in [0.717, 1.165) is 5.82 Å². The summed E-state index contributed by atoms with van der Waals surface area (Å²) in [6, 6.07) is 5.88. The summed E-state index contributed by atoms with van der Waals surface area (Å²) in [7, 11) is 3.78. The third-order valence-corrected chi connectivity index (χ3v) is 3.88. The highest BCUT2D eigenvalue weighted by atomic mass is 32.2. The molecule has 0 bridgehead atoms. The molecule has 22 heavy (non-hydrogen) atoms. The molecule has 0 fully saturated rings. The van der Waals surface area contributed by atoms with Crippen LogP contribution < -0.4 is 9.47 Å². The molecule has 2 heterocycles. The number of thioether (sulfide) groups is 1. The molecule has 2 aromatic rings. The Morgan fingerprint density at radius 1 is 1.23 bits per heavy atom. The third kappa shape index (κ3) is 5.40. The second-order valence-electron chi connectivity index (χ2n) is 4.93. The quantitative estimate of drug-likeness (QED) is 0.713. The summed E-state index contributed by atoms with van der Waals surface area (Å²) >= 11 is 1.34. The minimum absolute atomic E-state index is 0.193. The largest absolute Gasteiger partial charge is 0.347 e. The van der Waals surface area contributed by atoms with Crippen molar-refractivity contribution in [1.29, 1.82) is 0 Å². The molecular weight excluding hydrogens is 298 g/mol. The van der Waals surface area contributed by atoms with Gasteiger partial charge in [-0.3, -0.25) is 4.79 Å². The van der Waals surface area contributed by atoms with Gasteiger partial charge in [0, 0.05) is 38.4 Å². The molecule has 0 spiro atoms. The van der Waals surface area contributed by atoms with Gasteiger partial charge in [-0.15, -0.1) is 0 Å². The van der Waals surface area contributed by atoms with E-state index >= 15 is 0 Å². The van der Waals surface area contributed by atoms with Crippen molar-refractivity contribution in [1.82, 2.24) is 15.0 Å². The molecule has 6 nitrogen and oxygen atoms in total. The van der Waals surface area contributed by atoms with Crippen LogP contribution in [0.5, 0.6) is 0 Å². The molecule has 0 saturated carbocycles. The molecule has 0 aliphatic rings. The van der Waals surface area contributed by atoms with Gasteiger partial charge in [-0.2, -0.15) is 4.98 Å². The van der Waals surface area contributed by atoms with Gasteiger partial charge in [0.25, 0.3) is 0 Å². The lowest BCUT2D eigenvalue weighted by Gasteiger charge is -2.09. The maximum atomic E-state index is 11.9. The Labute approximate surface area is 134 Å². The number of aromatic nitrogens is 4. The zero-order chi connectivity index (χ0) is 15.8. The highest BCUT2D eigenvalue weighted by Crippen LogP contribution is 2.09. The molecule has 0 N–H and O–H groups in total. The van der Waals surface area contributed by atoms with E-state index in [0.29, 0.717) is 31.1 Å². The zero-order valence-corrected chi connectivity index (χ0v) is 13.7. The van der Waals surface area contributed by atoms with Crippen molar-refractivity contribution in [2.24, 2.45) is 0 Å². The molecule has 0 atom stereocenters. The van der Waals surface area contributed by atoms with Crippen molar-refractivity contribution in [3.63, 3.8) is 0 Å². The van der Waals surface area contributed by atoms with Crippen molar-refractivity contribution in [3.8, 4) is 0 Å². The molecule has 0 amide bonds. The summed E-state index contributed by atoms with van der Waals surface area (Å²) in [5.41, 5.74) is 0. The molecule has 7 heteroatoms. The van der Waals surface area contributed by atoms with Crippen LogP contribution in [0.3, 0.4) is 0 Å². The minimum Gasteiger partial charge on any atom is -0.347 e. The second kappa shape index (κ2) is 8.43. The van der Waals surface area contributed by atoms with E-state index in [1.54, 1.807) is 0 Å². The van der Waals surface area contributed by atoms with Crippen LogP contribution in [0.25, 0.3) is 0 Å². The van der Waals surface area contributed by atoms with Crippen molar-refractivity contribution in [2.75, 3.05) is 24.7 Å². The summed E-state index contributed by atoms with van der Waals surface area (Å²) in [6.45, 7) is 0.712. The Morgan fingerprint density at radius 3 is 2.73 bits per heavy atom. The van der Waals surface area contributed by atoms with E-state index in [4.69, 9.17) is 0 Å². The van der Waals surface area contributed by atoms with Gasteiger partial charge in [0.15, 0.2) is 24.1 Å². The molecule has 0 aliphatic heterocycles. The van der Waals surface area contributed by atoms with E-state index in [2.05, 4.69) is 15.0 Å². The lowest BCUT2D eigenvalue weighted by Crippen LogP contribution is -2.33. The smallest absolute Gasteiger partial charge is 0.228 e. The van der Waals surface area contributed by atoms with Gasteiger partial charge in [-0.05, 0) is 0 Å². The van der Waals surface area contributed by atoms with Crippen LogP contribution in [0.4, 0.5) is 5.95 Å². The van der Waals surface area contributed by atoms with Crippen LogP contribution in [0, 0.1) is 0 Å². The van der Waals surface area contributed by atoms with Crippen molar-refractivity contribution in [2.45, 2.75) is 19.4 Å². The van der Waals surface area contributed by atoms with E-state index in [9.17, 15) is 4.79 Å². The van der Waals surface area contributed by atoms with Gasteiger partial charge in [0.05, 0.1) is 6.42 Å². The Kier molecular flexibility index (Phi) is 6.27. The van der Waals surface area contributed by atoms with Gasteiger partial charge >= 0.3 is 0 Å². The van der Waals surface area contributed by atoms with Crippen molar-refractivity contribution in [3.05, 3.63) is 42.7 Å². The maximum absolute atomic E-state index is 11.9. The molecule has 0 unspecified atom stereocenters. The Bertz CT molecular complexity index is 606. The molecule has 2 rings (SSSR count). The van der Waals surface area contributed by atoms with E-state index in [1.807, 2.05) is 54.2 Å². The van der Waals surface area contributed by atoms with E-state index in [1.165, 1.54) is 18.1 Å². The summed E-state index contributed by atoms with van der Waals surface area (Å²) in [5, 5.41) is 0.193. The number of rotatable bonds is 7. The number of hydrogen-bond donors (Lipinski definition) is 0. The standard InChI is InChI=1S/C15H20N5OS/c1-19(2)15-17-12-16-13(18-15)7-11-22-14(21)6-10-20-8-4-3-5-9-20/h3-5,8-9,12H,6-7,10-11H2,1-2H3/q+1. The summed E-state index contributed by atoms with van der Waals surface area (Å²) in [5.74, 6) is 2.05. The van der Waals surface area contributed by atoms with E-state index < -0.39 is 0 Å². The van der Waals surface area contributed by atoms with Gasteiger partial charge < -0.3 is 4.90 Å². The Hall–Kier alpha value is -2.02. The number of hydrogen-bond acceptors (Lipinski definition) is 6. The first-order valence-corrected chi connectivity index (χ1v) is 8.08. The number of nitrogens with zero attached hydrogens (tertiary/aromatic N) is 5. The molecule has 0 saturated heterocycles. The average molecular weight is 318 g/mol. The highest BCUT2D eigenvalue weighted by molar-refractivity contribution is 8.13. The number of anilines is 1. The van der Waals surface area contributed by atoms with Crippen LogP contribution in [-0.4, -0.2) is 39.9 Å². The predicted octanol–water partition coefficient (Wildman–Crippen LogP) is 1.12. The molecular formula is C15H20N5OS+. The first kappa shape index (κ1) is 16.4. The van der Waals surface area contributed by atoms with E-state index in [-0.39, 0.29) is 5.12 Å². The Morgan fingerprint density at radius 2 is 2.00 bits per heavy atom. The van der Waals surface area contributed by atoms with Gasteiger partial charge in [0.2, 0.25) is 5.95 Å².